The molecule has 2 aliphatic heterocycles. The smallest absolute Gasteiger partial charge is 0.179 e. The van der Waals surface area contributed by atoms with Crippen LogP contribution in [0, 0.1) is 28.2 Å². The van der Waals surface area contributed by atoms with E-state index in [9.17, 15) is 10.4 Å². The Morgan fingerprint density at radius 1 is 1.21 bits per heavy atom. The summed E-state index contributed by atoms with van der Waals surface area (Å²) in [7, 11) is 3.44. The standard InChI is InChI=1S/C27H34N2O4/c1-23(2,3)24(4,30)18-14-25-9-10-27(18,32-6)22-26(25)11-12-29(15-28)19(25)13-16-7-8-17(31-5)21(33-22)20(16)26/h7-10,18-19,22,30H,11-14H2,1-6H3/t18-,19-,22-,24?,25-,26?,27-/m1/s1. The molecule has 2 spiro atoms. The molecule has 0 radical (unpaired) electrons. The number of aliphatic hydroxyl groups is 1. The van der Waals surface area contributed by atoms with Crippen LogP contribution in [0.4, 0.5) is 0 Å². The normalized spacial score (nSPS) is 41.2. The molecule has 6 nitrogen and oxygen atoms in total. The molecular weight excluding hydrogens is 416 g/mol. The van der Waals surface area contributed by atoms with E-state index in [2.05, 4.69) is 45.2 Å². The summed E-state index contributed by atoms with van der Waals surface area (Å²) in [5.74, 6) is 1.38. The van der Waals surface area contributed by atoms with Crippen molar-refractivity contribution in [3.05, 3.63) is 35.4 Å². The van der Waals surface area contributed by atoms with E-state index in [1.54, 1.807) is 14.2 Å². The van der Waals surface area contributed by atoms with Crippen molar-refractivity contribution < 1.29 is 19.3 Å². The first-order chi connectivity index (χ1) is 15.5. The van der Waals surface area contributed by atoms with Crippen LogP contribution in [0.1, 0.15) is 51.7 Å². The van der Waals surface area contributed by atoms with Gasteiger partial charge in [-0.3, -0.25) is 0 Å². The number of methoxy groups -OCH3 is 2. The minimum absolute atomic E-state index is 0.0267. The highest BCUT2D eigenvalue weighted by molar-refractivity contribution is 5.65. The molecule has 0 amide bonds. The fourth-order valence-corrected chi connectivity index (χ4v) is 8.27. The van der Waals surface area contributed by atoms with Crippen molar-refractivity contribution in [3.63, 3.8) is 0 Å². The van der Waals surface area contributed by atoms with Gasteiger partial charge in [-0.1, -0.05) is 39.0 Å². The summed E-state index contributed by atoms with van der Waals surface area (Å²) in [6.07, 6.45) is 9.06. The Bertz CT molecular complexity index is 1110. The van der Waals surface area contributed by atoms with Gasteiger partial charge < -0.3 is 24.2 Å². The Labute approximate surface area is 196 Å². The monoisotopic (exact) mass is 450 g/mol. The lowest BCUT2D eigenvalue weighted by Crippen LogP contribution is -2.81. The molecular formula is C27H34N2O4. The SMILES string of the molecule is COc1ccc2c3c1O[C@@H]1C34CCN(C#N)[C@H](C2)[C@]42C=C[C@@]1(OC)[C@@H](C(C)(O)C(C)(C)C)C2. The van der Waals surface area contributed by atoms with Crippen LogP contribution in [0.15, 0.2) is 24.3 Å². The van der Waals surface area contributed by atoms with Crippen molar-refractivity contribution in [2.24, 2.45) is 16.7 Å². The molecule has 1 saturated carbocycles. The fourth-order valence-electron chi connectivity index (χ4n) is 8.27. The van der Waals surface area contributed by atoms with Crippen LogP contribution in [-0.2, 0) is 16.6 Å². The lowest BCUT2D eigenvalue weighted by molar-refractivity contribution is -0.260. The average Bonchev–Trinajstić information content (AvgIpc) is 3.15. The van der Waals surface area contributed by atoms with Gasteiger partial charge in [0.2, 0.25) is 0 Å². The molecule has 176 valence electrons. The zero-order valence-corrected chi connectivity index (χ0v) is 20.4. The van der Waals surface area contributed by atoms with Gasteiger partial charge in [0.1, 0.15) is 11.7 Å². The van der Waals surface area contributed by atoms with E-state index in [1.807, 2.05) is 17.9 Å². The minimum Gasteiger partial charge on any atom is -0.493 e. The number of fused-ring (bicyclic) bond motifs is 1. The number of rotatable bonds is 3. The van der Waals surface area contributed by atoms with Crippen molar-refractivity contribution in [1.29, 1.82) is 5.26 Å². The molecule has 2 unspecified atom stereocenters. The van der Waals surface area contributed by atoms with Gasteiger partial charge in [-0.2, -0.15) is 5.26 Å². The van der Waals surface area contributed by atoms with Gasteiger partial charge in [-0.25, -0.2) is 0 Å². The summed E-state index contributed by atoms with van der Waals surface area (Å²) in [5.41, 5.74) is -0.303. The number of ether oxygens (including phenoxy) is 3. The highest BCUT2D eigenvalue weighted by Gasteiger charge is 2.81. The zero-order valence-electron chi connectivity index (χ0n) is 20.4. The molecule has 1 aromatic rings. The molecule has 0 aromatic heterocycles. The number of nitrogens with zero attached hydrogens (tertiary/aromatic N) is 2. The number of benzene rings is 1. The lowest BCUT2D eigenvalue weighted by Gasteiger charge is -2.72. The third-order valence-corrected chi connectivity index (χ3v) is 10.3. The van der Waals surface area contributed by atoms with Crippen molar-refractivity contribution in [1.82, 2.24) is 4.90 Å². The number of nitriles is 1. The molecule has 2 fully saturated rings. The van der Waals surface area contributed by atoms with Gasteiger partial charge in [-0.15, -0.1) is 0 Å². The molecule has 6 aliphatic rings. The maximum absolute atomic E-state index is 12.1. The quantitative estimate of drug-likeness (QED) is 0.561. The van der Waals surface area contributed by atoms with Crippen molar-refractivity contribution >= 4 is 0 Å². The molecule has 2 heterocycles. The molecule has 1 N–H and O–H groups in total. The molecule has 4 aliphatic carbocycles. The van der Waals surface area contributed by atoms with E-state index in [4.69, 9.17) is 14.2 Å². The van der Waals surface area contributed by atoms with Crippen molar-refractivity contribution in [2.45, 2.75) is 75.7 Å². The Balaban J connectivity index is 1.68. The third-order valence-electron chi connectivity index (χ3n) is 10.3. The highest BCUT2D eigenvalue weighted by Crippen LogP contribution is 2.76. The van der Waals surface area contributed by atoms with Crippen LogP contribution in [0.3, 0.4) is 0 Å². The Morgan fingerprint density at radius 3 is 2.61 bits per heavy atom. The van der Waals surface area contributed by atoms with E-state index >= 15 is 0 Å². The van der Waals surface area contributed by atoms with Gasteiger partial charge in [0.05, 0.1) is 24.2 Å². The zero-order chi connectivity index (χ0) is 23.6. The summed E-state index contributed by atoms with van der Waals surface area (Å²) in [6, 6.07) is 4.17. The Morgan fingerprint density at radius 2 is 1.97 bits per heavy atom. The largest absolute Gasteiger partial charge is 0.493 e. The van der Waals surface area contributed by atoms with Crippen LogP contribution < -0.4 is 9.47 Å². The van der Waals surface area contributed by atoms with Gasteiger partial charge in [0.25, 0.3) is 0 Å². The van der Waals surface area contributed by atoms with Crippen LogP contribution in [-0.4, -0.2) is 54.1 Å². The van der Waals surface area contributed by atoms with Crippen molar-refractivity contribution in [3.8, 4) is 17.7 Å². The summed E-state index contributed by atoms with van der Waals surface area (Å²) in [6.45, 7) is 8.91. The van der Waals surface area contributed by atoms with E-state index in [-0.39, 0.29) is 34.3 Å². The number of hydrogen-bond acceptors (Lipinski definition) is 6. The maximum atomic E-state index is 12.1. The molecule has 7 atom stereocenters. The fraction of sp³-hybridized carbons (Fsp3) is 0.667. The minimum atomic E-state index is -1.02. The lowest BCUT2D eigenvalue weighted by atomic mass is 9.35. The van der Waals surface area contributed by atoms with E-state index in [0.717, 1.165) is 30.8 Å². The van der Waals surface area contributed by atoms with Crippen LogP contribution in [0.25, 0.3) is 0 Å². The van der Waals surface area contributed by atoms with Gasteiger partial charge >= 0.3 is 0 Å². The third kappa shape index (κ3) is 2.05. The molecule has 33 heavy (non-hydrogen) atoms. The average molecular weight is 451 g/mol. The van der Waals surface area contributed by atoms with Gasteiger partial charge in [-0.05, 0) is 43.2 Å². The summed E-state index contributed by atoms with van der Waals surface area (Å²) >= 11 is 0. The molecule has 7 rings (SSSR count). The predicted molar refractivity (Wildman–Crippen MR) is 123 cm³/mol. The summed E-state index contributed by atoms with van der Waals surface area (Å²) in [4.78, 5) is 1.98. The highest BCUT2D eigenvalue weighted by atomic mass is 16.6. The van der Waals surface area contributed by atoms with E-state index in [0.29, 0.717) is 6.54 Å². The first-order valence-corrected chi connectivity index (χ1v) is 12.1. The predicted octanol–water partition coefficient (Wildman–Crippen LogP) is 3.56. The second-order valence-electron chi connectivity index (χ2n) is 11.9. The Kier molecular flexibility index (Phi) is 3.91. The number of likely N-dealkylation sites (tertiary alicyclic amines) is 1. The molecule has 4 bridgehead atoms. The number of piperidine rings is 1. The van der Waals surface area contributed by atoms with Crippen molar-refractivity contribution in [2.75, 3.05) is 20.8 Å². The van der Waals surface area contributed by atoms with E-state index < -0.39 is 11.2 Å². The first kappa shape index (κ1) is 21.3. The molecule has 1 aromatic carbocycles. The van der Waals surface area contributed by atoms with Crippen LogP contribution in [0.2, 0.25) is 0 Å². The second kappa shape index (κ2) is 6.06. The summed E-state index contributed by atoms with van der Waals surface area (Å²) in [5, 5.41) is 22.2. The molecule has 6 heteroatoms. The van der Waals surface area contributed by atoms with Crippen LogP contribution in [0.5, 0.6) is 11.5 Å². The van der Waals surface area contributed by atoms with Crippen LogP contribution >= 0.6 is 0 Å². The Hall–Kier alpha value is -2.23. The summed E-state index contributed by atoms with van der Waals surface area (Å²) < 4.78 is 19.1. The van der Waals surface area contributed by atoms with E-state index in [1.165, 1.54) is 11.1 Å². The van der Waals surface area contributed by atoms with Gasteiger partial charge in [0.15, 0.2) is 17.7 Å². The number of hydrogen-bond donors (Lipinski definition) is 1. The first-order valence-electron chi connectivity index (χ1n) is 12.1. The second-order valence-corrected chi connectivity index (χ2v) is 11.9. The maximum Gasteiger partial charge on any atom is 0.179 e. The van der Waals surface area contributed by atoms with Gasteiger partial charge in [0, 0.05) is 30.6 Å². The molecule has 1 saturated heterocycles. The topological polar surface area (TPSA) is 75.0 Å².